The average molecular weight is 504 g/mol. The fourth-order valence-electron chi connectivity index (χ4n) is 5.13. The van der Waals surface area contributed by atoms with Gasteiger partial charge in [-0.3, -0.25) is 4.79 Å². The molecule has 0 bridgehead atoms. The number of rotatable bonds is 9. The zero-order valence-electron chi connectivity index (χ0n) is 22.4. The number of allylic oxidation sites excluding steroid dienone is 3. The standard InChI is InChI=1S/C31H37NO5/c1-6-15-36-26-14-13-22(18-27(26)35-5)29-28(31(34)37-19(3)7-2)20(4)32-24-16-23(17-25(33)30(24)29)21-11-9-8-10-12-21/h8-14,18-19,23,29,32H,6-7,15-17H2,1-5H3/t19-,23+,29+/m1/s1. The summed E-state index contributed by atoms with van der Waals surface area (Å²) < 4.78 is 17.3. The highest BCUT2D eigenvalue weighted by atomic mass is 16.5. The zero-order chi connectivity index (χ0) is 26.5. The molecule has 0 fully saturated rings. The van der Waals surface area contributed by atoms with E-state index in [1.807, 2.05) is 64.1 Å². The van der Waals surface area contributed by atoms with E-state index in [1.54, 1.807) is 7.11 Å². The molecule has 196 valence electrons. The van der Waals surface area contributed by atoms with Crippen molar-refractivity contribution in [2.24, 2.45) is 0 Å². The van der Waals surface area contributed by atoms with Crippen molar-refractivity contribution in [1.29, 1.82) is 0 Å². The summed E-state index contributed by atoms with van der Waals surface area (Å²) in [4.78, 5) is 27.3. The lowest BCUT2D eigenvalue weighted by Crippen LogP contribution is -2.36. The number of hydrogen-bond donors (Lipinski definition) is 1. The fourth-order valence-corrected chi connectivity index (χ4v) is 5.13. The summed E-state index contributed by atoms with van der Waals surface area (Å²) in [6.45, 7) is 8.36. The number of ether oxygens (including phenoxy) is 3. The first-order valence-corrected chi connectivity index (χ1v) is 13.2. The third-order valence-corrected chi connectivity index (χ3v) is 7.18. The monoisotopic (exact) mass is 503 g/mol. The lowest BCUT2D eigenvalue weighted by Gasteiger charge is -2.37. The molecule has 37 heavy (non-hydrogen) atoms. The molecule has 4 rings (SSSR count). The third kappa shape index (κ3) is 5.58. The van der Waals surface area contributed by atoms with Gasteiger partial charge in [-0.2, -0.15) is 0 Å². The van der Waals surface area contributed by atoms with Gasteiger partial charge < -0.3 is 19.5 Å². The highest BCUT2D eigenvalue weighted by molar-refractivity contribution is 6.04. The van der Waals surface area contributed by atoms with E-state index in [9.17, 15) is 9.59 Å². The Morgan fingerprint density at radius 1 is 1.05 bits per heavy atom. The van der Waals surface area contributed by atoms with Crippen LogP contribution in [0.15, 0.2) is 71.1 Å². The van der Waals surface area contributed by atoms with Crippen molar-refractivity contribution >= 4 is 11.8 Å². The van der Waals surface area contributed by atoms with Crippen LogP contribution in [0.3, 0.4) is 0 Å². The van der Waals surface area contributed by atoms with Crippen LogP contribution < -0.4 is 14.8 Å². The number of dihydropyridines is 1. The molecule has 2 aliphatic rings. The van der Waals surface area contributed by atoms with Gasteiger partial charge in [0.1, 0.15) is 0 Å². The predicted molar refractivity (Wildman–Crippen MR) is 144 cm³/mol. The van der Waals surface area contributed by atoms with Crippen molar-refractivity contribution in [3.63, 3.8) is 0 Å². The van der Waals surface area contributed by atoms with Crippen LogP contribution in [0, 0.1) is 0 Å². The minimum absolute atomic E-state index is 0.0409. The largest absolute Gasteiger partial charge is 0.493 e. The molecule has 1 N–H and O–H groups in total. The summed E-state index contributed by atoms with van der Waals surface area (Å²) >= 11 is 0. The van der Waals surface area contributed by atoms with Gasteiger partial charge in [-0.15, -0.1) is 0 Å². The Morgan fingerprint density at radius 2 is 1.81 bits per heavy atom. The zero-order valence-corrected chi connectivity index (χ0v) is 22.4. The Balaban J connectivity index is 1.80. The van der Waals surface area contributed by atoms with Crippen LogP contribution in [-0.2, 0) is 14.3 Å². The highest BCUT2D eigenvalue weighted by Crippen LogP contribution is 2.47. The number of benzene rings is 2. The quantitative estimate of drug-likeness (QED) is 0.412. The molecular weight excluding hydrogens is 466 g/mol. The van der Waals surface area contributed by atoms with E-state index >= 15 is 0 Å². The Kier molecular flexibility index (Phi) is 8.37. The van der Waals surface area contributed by atoms with E-state index in [0.717, 1.165) is 23.2 Å². The number of esters is 1. The molecule has 0 aromatic heterocycles. The number of carbonyl (C=O) groups is 2. The molecule has 0 radical (unpaired) electrons. The summed E-state index contributed by atoms with van der Waals surface area (Å²) in [6, 6.07) is 15.8. The second-order valence-corrected chi connectivity index (χ2v) is 9.81. The number of carbonyl (C=O) groups excluding carboxylic acids is 2. The van der Waals surface area contributed by atoms with Gasteiger partial charge in [-0.25, -0.2) is 4.79 Å². The predicted octanol–water partition coefficient (Wildman–Crippen LogP) is 6.19. The van der Waals surface area contributed by atoms with E-state index in [1.165, 1.54) is 0 Å². The summed E-state index contributed by atoms with van der Waals surface area (Å²) in [5.74, 6) is 0.384. The van der Waals surface area contributed by atoms with Gasteiger partial charge in [-0.1, -0.05) is 50.2 Å². The lowest BCUT2D eigenvalue weighted by atomic mass is 9.71. The van der Waals surface area contributed by atoms with E-state index in [-0.39, 0.29) is 17.8 Å². The number of nitrogens with one attached hydrogen (secondary N) is 1. The number of Topliss-reactive ketones (excluding diaryl/α,β-unsaturated/α-hetero) is 1. The normalized spacial score (nSPS) is 20.2. The first-order chi connectivity index (χ1) is 17.9. The van der Waals surface area contributed by atoms with Crippen molar-refractivity contribution in [1.82, 2.24) is 5.32 Å². The maximum atomic E-state index is 13.8. The number of hydrogen-bond acceptors (Lipinski definition) is 6. The average Bonchev–Trinajstić information content (AvgIpc) is 2.91. The lowest BCUT2D eigenvalue weighted by molar-refractivity contribution is -0.144. The molecule has 6 heteroatoms. The molecule has 0 unspecified atom stereocenters. The molecule has 1 heterocycles. The van der Waals surface area contributed by atoms with Gasteiger partial charge >= 0.3 is 5.97 Å². The van der Waals surface area contributed by atoms with Gasteiger partial charge in [0.2, 0.25) is 0 Å². The number of ketones is 1. The second kappa shape index (κ2) is 11.7. The van der Waals surface area contributed by atoms with Crippen molar-refractivity contribution in [2.75, 3.05) is 13.7 Å². The Labute approximate surface area is 219 Å². The minimum atomic E-state index is -0.550. The van der Waals surface area contributed by atoms with Crippen LogP contribution in [0.2, 0.25) is 0 Å². The van der Waals surface area contributed by atoms with Crippen LogP contribution in [0.1, 0.15) is 76.3 Å². The molecule has 0 saturated carbocycles. The van der Waals surface area contributed by atoms with Crippen LogP contribution in [0.5, 0.6) is 11.5 Å². The van der Waals surface area contributed by atoms with E-state index in [0.29, 0.717) is 54.2 Å². The SMILES string of the molecule is CCCOc1ccc([C@H]2C(C(=O)O[C@H](C)CC)=C(C)NC3=C2C(=O)C[C@@H](c2ccccc2)C3)cc1OC. The molecule has 6 nitrogen and oxygen atoms in total. The molecule has 3 atom stereocenters. The van der Waals surface area contributed by atoms with Crippen LogP contribution in [0.25, 0.3) is 0 Å². The number of methoxy groups -OCH3 is 1. The summed E-state index contributed by atoms with van der Waals surface area (Å²) in [5.41, 5.74) is 4.63. The topological polar surface area (TPSA) is 73.9 Å². The fraction of sp³-hybridized carbons (Fsp3) is 0.419. The van der Waals surface area contributed by atoms with Gasteiger partial charge in [0, 0.05) is 29.3 Å². The van der Waals surface area contributed by atoms with E-state index in [4.69, 9.17) is 14.2 Å². The van der Waals surface area contributed by atoms with E-state index < -0.39 is 11.9 Å². The van der Waals surface area contributed by atoms with Gasteiger partial charge in [-0.05, 0) is 62.3 Å². The summed E-state index contributed by atoms with van der Waals surface area (Å²) in [7, 11) is 1.60. The van der Waals surface area contributed by atoms with Crippen LogP contribution in [0.4, 0.5) is 0 Å². The molecule has 0 saturated heterocycles. The second-order valence-electron chi connectivity index (χ2n) is 9.81. The minimum Gasteiger partial charge on any atom is -0.493 e. The Morgan fingerprint density at radius 3 is 2.49 bits per heavy atom. The molecule has 2 aromatic carbocycles. The first-order valence-electron chi connectivity index (χ1n) is 13.2. The van der Waals surface area contributed by atoms with Crippen molar-refractivity contribution in [3.05, 3.63) is 82.2 Å². The van der Waals surface area contributed by atoms with Crippen LogP contribution in [-0.4, -0.2) is 31.6 Å². The van der Waals surface area contributed by atoms with E-state index in [2.05, 4.69) is 17.4 Å². The Bertz CT molecular complexity index is 1210. The maximum Gasteiger partial charge on any atom is 0.337 e. The van der Waals surface area contributed by atoms with Crippen molar-refractivity contribution < 1.29 is 23.8 Å². The third-order valence-electron chi connectivity index (χ3n) is 7.18. The summed E-state index contributed by atoms with van der Waals surface area (Å²) in [6.07, 6.45) is 2.44. The van der Waals surface area contributed by atoms with Gasteiger partial charge in [0.15, 0.2) is 17.3 Å². The maximum absolute atomic E-state index is 13.8. The van der Waals surface area contributed by atoms with Gasteiger partial charge in [0.25, 0.3) is 0 Å². The summed E-state index contributed by atoms with van der Waals surface area (Å²) in [5, 5.41) is 3.42. The molecule has 1 aliphatic carbocycles. The molecule has 0 spiro atoms. The van der Waals surface area contributed by atoms with Crippen molar-refractivity contribution in [2.45, 2.75) is 71.3 Å². The van der Waals surface area contributed by atoms with Crippen LogP contribution >= 0.6 is 0 Å². The van der Waals surface area contributed by atoms with Gasteiger partial charge in [0.05, 0.1) is 25.4 Å². The smallest absolute Gasteiger partial charge is 0.337 e. The molecule has 2 aromatic rings. The first kappa shape index (κ1) is 26.5. The molecule has 0 amide bonds. The Hall–Kier alpha value is -3.54. The highest BCUT2D eigenvalue weighted by Gasteiger charge is 2.42. The molecule has 1 aliphatic heterocycles. The van der Waals surface area contributed by atoms with Crippen molar-refractivity contribution in [3.8, 4) is 11.5 Å². The molecular formula is C31H37NO5.